The first-order valence-electron chi connectivity index (χ1n) is 11.4. The zero-order valence-corrected chi connectivity index (χ0v) is 20.9. The molecule has 34 heavy (non-hydrogen) atoms. The molecule has 3 aromatic rings. The van der Waals surface area contributed by atoms with Crippen molar-refractivity contribution in [1.82, 2.24) is 9.80 Å². The van der Waals surface area contributed by atoms with Crippen LogP contribution in [0.3, 0.4) is 0 Å². The van der Waals surface area contributed by atoms with Gasteiger partial charge in [-0.05, 0) is 48.9 Å². The maximum absolute atomic E-state index is 13.5. The van der Waals surface area contributed by atoms with Crippen molar-refractivity contribution in [2.75, 3.05) is 32.1 Å². The molecule has 1 N–H and O–H groups in total. The first-order valence-corrected chi connectivity index (χ1v) is 12.3. The van der Waals surface area contributed by atoms with Crippen LogP contribution in [-0.4, -0.2) is 48.5 Å². The number of hydrogen-bond donors (Lipinski definition) is 1. The summed E-state index contributed by atoms with van der Waals surface area (Å²) in [7, 11) is 1.63. The van der Waals surface area contributed by atoms with Crippen LogP contribution in [0.4, 0.5) is 10.5 Å². The van der Waals surface area contributed by atoms with Crippen molar-refractivity contribution in [2.45, 2.75) is 33.4 Å². The number of rotatable bonds is 11. The molecule has 0 aliphatic heterocycles. The molecule has 0 radical (unpaired) electrons. The summed E-state index contributed by atoms with van der Waals surface area (Å²) in [5, 5.41) is 4.99. The molecule has 0 saturated heterocycles. The second-order valence-electron chi connectivity index (χ2n) is 8.33. The number of methoxy groups -OCH3 is 1. The van der Waals surface area contributed by atoms with Crippen molar-refractivity contribution >= 4 is 29.0 Å². The van der Waals surface area contributed by atoms with Crippen molar-refractivity contribution in [3.63, 3.8) is 0 Å². The monoisotopic (exact) mass is 479 g/mol. The zero-order valence-electron chi connectivity index (χ0n) is 20.1. The van der Waals surface area contributed by atoms with Crippen LogP contribution < -0.4 is 5.32 Å². The number of thiophene rings is 1. The molecule has 6 nitrogen and oxygen atoms in total. The van der Waals surface area contributed by atoms with Crippen LogP contribution in [0.5, 0.6) is 0 Å². The van der Waals surface area contributed by atoms with E-state index >= 15 is 0 Å². The summed E-state index contributed by atoms with van der Waals surface area (Å²) >= 11 is 1.62. The third kappa shape index (κ3) is 7.71. The molecule has 0 aliphatic rings. The van der Waals surface area contributed by atoms with Gasteiger partial charge in [-0.15, -0.1) is 11.3 Å². The molecule has 0 spiro atoms. The Balaban J connectivity index is 1.75. The molecule has 0 unspecified atom stereocenters. The molecule has 2 aromatic carbocycles. The average molecular weight is 480 g/mol. The number of carbonyl (C=O) groups is 2. The van der Waals surface area contributed by atoms with Crippen molar-refractivity contribution in [3.8, 4) is 0 Å². The van der Waals surface area contributed by atoms with Crippen LogP contribution in [0.15, 0.2) is 66.0 Å². The fourth-order valence-corrected chi connectivity index (χ4v) is 4.41. The second-order valence-corrected chi connectivity index (χ2v) is 9.36. The fourth-order valence-electron chi connectivity index (χ4n) is 3.69. The topological polar surface area (TPSA) is 61.9 Å². The fraction of sp³-hybridized carbons (Fsp3) is 0.333. The predicted octanol–water partition coefficient (Wildman–Crippen LogP) is 5.46. The van der Waals surface area contributed by atoms with Crippen molar-refractivity contribution in [1.29, 1.82) is 0 Å². The van der Waals surface area contributed by atoms with Crippen molar-refractivity contribution in [2.24, 2.45) is 0 Å². The molecule has 0 aliphatic carbocycles. The van der Waals surface area contributed by atoms with E-state index in [0.29, 0.717) is 32.7 Å². The zero-order chi connectivity index (χ0) is 24.3. The third-order valence-corrected chi connectivity index (χ3v) is 6.37. The molecule has 180 valence electrons. The molecule has 0 atom stereocenters. The molecule has 3 rings (SSSR count). The standard InChI is InChI=1S/C27H33N3O3S/c1-21-12-13-25(22(2)17-21)28-27(32)29(14-8-15-33-3)20-26(31)30(19-24-11-7-16-34-24)18-23-9-5-4-6-10-23/h4-7,9-13,16-17H,8,14-15,18-20H2,1-3H3,(H,28,32). The molecular formula is C27H33N3O3S. The maximum atomic E-state index is 13.5. The highest BCUT2D eigenvalue weighted by atomic mass is 32.1. The van der Waals surface area contributed by atoms with E-state index in [0.717, 1.165) is 27.3 Å². The van der Waals surface area contributed by atoms with Crippen LogP contribution in [-0.2, 0) is 22.6 Å². The van der Waals surface area contributed by atoms with Crippen LogP contribution in [0, 0.1) is 13.8 Å². The van der Waals surface area contributed by atoms with E-state index in [1.165, 1.54) is 0 Å². The molecule has 7 heteroatoms. The van der Waals surface area contributed by atoms with E-state index in [1.807, 2.05) is 84.8 Å². The lowest BCUT2D eigenvalue weighted by molar-refractivity contribution is -0.133. The number of urea groups is 1. The van der Waals surface area contributed by atoms with E-state index < -0.39 is 0 Å². The average Bonchev–Trinajstić information content (AvgIpc) is 3.33. The van der Waals surface area contributed by atoms with Gasteiger partial charge in [-0.2, -0.15) is 0 Å². The molecule has 0 fully saturated rings. The number of nitrogens with zero attached hydrogens (tertiary/aromatic N) is 2. The lowest BCUT2D eigenvalue weighted by Gasteiger charge is -2.28. The minimum atomic E-state index is -0.285. The van der Waals surface area contributed by atoms with Gasteiger partial charge in [0, 0.05) is 37.4 Å². The Hall–Kier alpha value is -3.16. The Morgan fingerprint density at radius 3 is 2.44 bits per heavy atom. The summed E-state index contributed by atoms with van der Waals surface area (Å²) in [6.45, 7) is 5.92. The van der Waals surface area contributed by atoms with Gasteiger partial charge in [0.1, 0.15) is 6.54 Å². The SMILES string of the molecule is COCCCN(CC(=O)N(Cc1ccccc1)Cc1cccs1)C(=O)Nc1ccc(C)cc1C. The largest absolute Gasteiger partial charge is 0.385 e. The van der Waals surface area contributed by atoms with Gasteiger partial charge in [0.15, 0.2) is 0 Å². The predicted molar refractivity (Wildman–Crippen MR) is 138 cm³/mol. The summed E-state index contributed by atoms with van der Waals surface area (Å²) in [6, 6.07) is 19.5. The molecule has 1 heterocycles. The van der Waals surface area contributed by atoms with E-state index in [1.54, 1.807) is 23.3 Å². The highest BCUT2D eigenvalue weighted by Gasteiger charge is 2.22. The van der Waals surface area contributed by atoms with Crippen LogP contribution in [0.25, 0.3) is 0 Å². The quantitative estimate of drug-likeness (QED) is 0.371. The maximum Gasteiger partial charge on any atom is 0.322 e. The Bertz CT molecular complexity index is 1050. The Morgan fingerprint density at radius 1 is 0.971 bits per heavy atom. The van der Waals surface area contributed by atoms with Gasteiger partial charge in [-0.25, -0.2) is 4.79 Å². The highest BCUT2D eigenvalue weighted by Crippen LogP contribution is 2.18. The highest BCUT2D eigenvalue weighted by molar-refractivity contribution is 7.09. The van der Waals surface area contributed by atoms with Gasteiger partial charge < -0.3 is 19.9 Å². The van der Waals surface area contributed by atoms with Crippen molar-refractivity contribution < 1.29 is 14.3 Å². The summed E-state index contributed by atoms with van der Waals surface area (Å²) in [6.07, 6.45) is 0.647. The Kier molecular flexibility index (Phi) is 9.67. The molecule has 1 aromatic heterocycles. The van der Waals surface area contributed by atoms with Crippen LogP contribution in [0.1, 0.15) is 28.0 Å². The summed E-state index contributed by atoms with van der Waals surface area (Å²) in [5.41, 5.74) is 3.92. The van der Waals surface area contributed by atoms with Gasteiger partial charge >= 0.3 is 6.03 Å². The molecule has 3 amide bonds. The van der Waals surface area contributed by atoms with Gasteiger partial charge in [-0.3, -0.25) is 4.79 Å². The number of aryl methyl sites for hydroxylation is 2. The number of hydrogen-bond acceptors (Lipinski definition) is 4. The van der Waals surface area contributed by atoms with Gasteiger partial charge in [-0.1, -0.05) is 54.1 Å². The number of nitrogens with one attached hydrogen (secondary N) is 1. The van der Waals surface area contributed by atoms with Crippen LogP contribution >= 0.6 is 11.3 Å². The smallest absolute Gasteiger partial charge is 0.322 e. The summed E-state index contributed by atoms with van der Waals surface area (Å²) < 4.78 is 5.17. The lowest BCUT2D eigenvalue weighted by Crippen LogP contribution is -2.44. The van der Waals surface area contributed by atoms with E-state index in [4.69, 9.17) is 4.74 Å². The second kappa shape index (κ2) is 12.9. The minimum Gasteiger partial charge on any atom is -0.385 e. The third-order valence-electron chi connectivity index (χ3n) is 5.51. The number of anilines is 1. The van der Waals surface area contributed by atoms with Crippen LogP contribution in [0.2, 0.25) is 0 Å². The van der Waals surface area contributed by atoms with Gasteiger partial charge in [0.2, 0.25) is 5.91 Å². The number of benzene rings is 2. The Labute approximate surface area is 206 Å². The first-order chi connectivity index (χ1) is 16.5. The number of amides is 3. The van der Waals surface area contributed by atoms with Gasteiger partial charge in [0.05, 0.1) is 6.54 Å². The van der Waals surface area contributed by atoms with E-state index in [-0.39, 0.29) is 18.5 Å². The molecular weight excluding hydrogens is 446 g/mol. The first kappa shape index (κ1) is 25.5. The summed E-state index contributed by atoms with van der Waals surface area (Å²) in [4.78, 5) is 31.1. The van der Waals surface area contributed by atoms with E-state index in [2.05, 4.69) is 5.32 Å². The Morgan fingerprint density at radius 2 is 1.76 bits per heavy atom. The summed E-state index contributed by atoms with van der Waals surface area (Å²) in [5.74, 6) is -0.0922. The number of ether oxygens (including phenoxy) is 1. The molecule has 0 saturated carbocycles. The molecule has 0 bridgehead atoms. The number of carbonyl (C=O) groups excluding carboxylic acids is 2. The normalized spacial score (nSPS) is 10.7. The van der Waals surface area contributed by atoms with Crippen molar-refractivity contribution in [3.05, 3.63) is 87.6 Å². The minimum absolute atomic E-state index is 0.00132. The van der Waals surface area contributed by atoms with E-state index in [9.17, 15) is 9.59 Å². The van der Waals surface area contributed by atoms with Gasteiger partial charge in [0.25, 0.3) is 0 Å². The lowest BCUT2D eigenvalue weighted by atomic mass is 10.1.